The van der Waals surface area contributed by atoms with Crippen LogP contribution in [0.5, 0.6) is 11.5 Å². The van der Waals surface area contributed by atoms with E-state index in [1.165, 1.54) is 49.0 Å². The maximum atomic E-state index is 6.86. The van der Waals surface area contributed by atoms with Crippen LogP contribution in [0.15, 0.2) is 61.1 Å². The first-order chi connectivity index (χ1) is 23.7. The molecule has 0 bridgehead atoms. The van der Waals surface area contributed by atoms with E-state index in [0.717, 1.165) is 60.7 Å². The quantitative estimate of drug-likeness (QED) is 0.181. The fraction of sp³-hybridized carbons (Fsp3) is 0.286. The van der Waals surface area contributed by atoms with Crippen LogP contribution < -0.4 is 9.05 Å². The zero-order chi connectivity index (χ0) is 35.8. The third-order valence-electron chi connectivity index (χ3n) is 10.3. The van der Waals surface area contributed by atoms with Crippen molar-refractivity contribution in [2.24, 2.45) is 0 Å². The minimum atomic E-state index is -1.85. The van der Waals surface area contributed by atoms with Crippen molar-refractivity contribution in [2.75, 3.05) is 0 Å². The van der Waals surface area contributed by atoms with Crippen LogP contribution in [0, 0.1) is 83.1 Å². The van der Waals surface area contributed by atoms with Crippen molar-refractivity contribution >= 4 is 69.4 Å². The first-order valence-electron chi connectivity index (χ1n) is 17.0. The van der Waals surface area contributed by atoms with Gasteiger partial charge in [0, 0.05) is 32.3 Å². The van der Waals surface area contributed by atoms with Gasteiger partial charge in [0.25, 0.3) is 0 Å². The summed E-state index contributed by atoms with van der Waals surface area (Å²) in [5, 5.41) is 4.55. The highest BCUT2D eigenvalue weighted by Gasteiger charge is 2.19. The summed E-state index contributed by atoms with van der Waals surface area (Å²) in [5.41, 5.74) is 16.7. The molecule has 0 aliphatic carbocycles. The van der Waals surface area contributed by atoms with Crippen molar-refractivity contribution in [3.63, 3.8) is 0 Å². The molecule has 1 unspecified atom stereocenters. The zero-order valence-corrected chi connectivity index (χ0v) is 33.6. The predicted octanol–water partition coefficient (Wildman–Crippen LogP) is 14.7. The van der Waals surface area contributed by atoms with E-state index in [4.69, 9.17) is 21.6 Å². The molecule has 7 rings (SSSR count). The Bertz CT molecular complexity index is 2300. The molecule has 0 saturated heterocycles. The van der Waals surface area contributed by atoms with Gasteiger partial charge in [-0.3, -0.25) is 0 Å². The Morgan fingerprint density at radius 3 is 1.34 bits per heavy atom. The molecule has 0 radical (unpaired) electrons. The molecule has 258 valence electrons. The van der Waals surface area contributed by atoms with Gasteiger partial charge in [-0.2, -0.15) is 0 Å². The minimum absolute atomic E-state index is 0.601. The van der Waals surface area contributed by atoms with E-state index in [9.17, 15) is 0 Å². The van der Waals surface area contributed by atoms with Gasteiger partial charge in [-0.1, -0.05) is 30.3 Å². The van der Waals surface area contributed by atoms with Gasteiger partial charge in [0.15, 0.2) is 0 Å². The van der Waals surface area contributed by atoms with Gasteiger partial charge in [0.1, 0.15) is 28.2 Å². The number of hydrogen-bond donors (Lipinski definition) is 0. The highest BCUT2D eigenvalue weighted by Crippen LogP contribution is 2.47. The van der Waals surface area contributed by atoms with E-state index in [1.807, 2.05) is 24.3 Å². The lowest BCUT2D eigenvalue weighted by molar-refractivity contribution is 0.494. The van der Waals surface area contributed by atoms with Crippen molar-refractivity contribution in [1.29, 1.82) is 0 Å². The Labute approximate surface area is 299 Å². The van der Waals surface area contributed by atoms with Gasteiger partial charge in [-0.25, -0.2) is 0 Å². The first-order valence-corrected chi connectivity index (χ1v) is 20.6. The van der Waals surface area contributed by atoms with E-state index < -0.39 is 15.4 Å². The largest absolute Gasteiger partial charge is 0.453 e. The molecule has 0 aliphatic rings. The second kappa shape index (κ2) is 12.9. The molecule has 0 saturated carbocycles. The maximum Gasteiger partial charge on any atom is 0.453 e. The van der Waals surface area contributed by atoms with Gasteiger partial charge in [-0.15, -0.1) is 0 Å². The van der Waals surface area contributed by atoms with E-state index in [2.05, 4.69) is 107 Å². The molecule has 0 spiro atoms. The smallest absolute Gasteiger partial charge is 0.409 e. The molecule has 0 N–H and O–H groups in total. The number of benzene rings is 5. The molecule has 5 nitrogen and oxygen atoms in total. The van der Waals surface area contributed by atoms with Crippen LogP contribution >= 0.6 is 26.4 Å². The molecule has 8 heteroatoms. The maximum absolute atomic E-state index is 6.86. The zero-order valence-electron chi connectivity index (χ0n) is 31.0. The number of aryl methyl sites for hydroxylation is 12. The summed E-state index contributed by atoms with van der Waals surface area (Å²) < 4.78 is 34.8. The van der Waals surface area contributed by atoms with Gasteiger partial charge < -0.3 is 21.6 Å². The minimum Gasteiger partial charge on any atom is -0.409 e. The fourth-order valence-electron chi connectivity index (χ4n) is 7.07. The van der Waals surface area contributed by atoms with Gasteiger partial charge >= 0.3 is 15.4 Å². The summed E-state index contributed by atoms with van der Waals surface area (Å²) in [6.45, 7) is 25.8. The van der Waals surface area contributed by atoms with Crippen LogP contribution in [-0.4, -0.2) is 0 Å². The van der Waals surface area contributed by atoms with Crippen LogP contribution in [0.4, 0.5) is 0 Å². The number of hydrogen-bond acceptors (Lipinski definition) is 6. The average molecular weight is 723 g/mol. The second-order valence-corrected chi connectivity index (χ2v) is 17.7. The number of rotatable bonds is 4. The van der Waals surface area contributed by atoms with Crippen LogP contribution in [0.25, 0.3) is 43.0 Å². The normalized spacial score (nSPS) is 12.0. The Morgan fingerprint density at radius 2 is 0.840 bits per heavy atom. The highest BCUT2D eigenvalue weighted by molar-refractivity contribution is 7.87. The first kappa shape index (κ1) is 34.4. The Balaban J connectivity index is 1.39. The van der Waals surface area contributed by atoms with E-state index in [-0.39, 0.29) is 0 Å². The molecule has 0 aliphatic heterocycles. The van der Waals surface area contributed by atoms with E-state index >= 15 is 0 Å². The molecule has 2 heterocycles. The summed E-state index contributed by atoms with van der Waals surface area (Å²) in [5.74, 6) is 1.26. The van der Waals surface area contributed by atoms with Crippen molar-refractivity contribution in [1.82, 2.24) is 0 Å². The van der Waals surface area contributed by atoms with E-state index in [1.54, 1.807) is 10.9 Å². The predicted molar refractivity (Wildman–Crippen MR) is 214 cm³/mol. The highest BCUT2D eigenvalue weighted by atomic mass is 32.6. The molecule has 50 heavy (non-hydrogen) atoms. The van der Waals surface area contributed by atoms with Gasteiger partial charge in [-0.05, 0) is 173 Å². The average Bonchev–Trinajstić information content (AvgIpc) is 3.34. The molecule has 5 aromatic carbocycles. The summed E-state index contributed by atoms with van der Waals surface area (Å²) in [7, 11) is -1.62. The van der Waals surface area contributed by atoms with Crippen molar-refractivity contribution in [2.45, 2.75) is 83.1 Å². The second-order valence-electron chi connectivity index (χ2n) is 13.8. The monoisotopic (exact) mass is 722 g/mol. The Morgan fingerprint density at radius 1 is 0.440 bits per heavy atom. The van der Waals surface area contributed by atoms with Crippen LogP contribution in [0.1, 0.15) is 66.8 Å². The van der Waals surface area contributed by atoms with Crippen molar-refractivity contribution < 1.29 is 21.6 Å². The summed E-state index contributed by atoms with van der Waals surface area (Å²) >= 11 is 0. The molecule has 1 atom stereocenters. The van der Waals surface area contributed by atoms with Crippen LogP contribution in [-0.2, 0) is 0 Å². The summed E-state index contributed by atoms with van der Waals surface area (Å²) in [4.78, 5) is 0. The molecule has 7 aromatic rings. The molecule has 0 amide bonds. The third-order valence-corrected chi connectivity index (χ3v) is 14.3. The third kappa shape index (κ3) is 5.82. The van der Waals surface area contributed by atoms with Crippen LogP contribution in [0.3, 0.4) is 0 Å². The molecular weight excluding hydrogens is 678 g/mol. The van der Waals surface area contributed by atoms with Gasteiger partial charge in [0.2, 0.25) is 0 Å². The molecular formula is C42H44O5P2S. The topological polar surface area (TPSA) is 57.9 Å². The van der Waals surface area contributed by atoms with Crippen LogP contribution in [0.2, 0.25) is 0 Å². The fourth-order valence-corrected chi connectivity index (χ4v) is 11.6. The lowest BCUT2D eigenvalue weighted by atomic mass is 9.94. The number of fused-ring (bicyclic) bond motifs is 6. The summed E-state index contributed by atoms with van der Waals surface area (Å²) in [6.07, 6.45) is 0. The summed E-state index contributed by atoms with van der Waals surface area (Å²) in [6, 6.07) is 16.7. The Kier molecular flexibility index (Phi) is 8.88. The lowest BCUT2D eigenvalue weighted by Crippen LogP contribution is -1.90. The molecule has 2 aromatic heterocycles. The van der Waals surface area contributed by atoms with E-state index in [0.29, 0.717) is 11.5 Å². The standard InChI is InChI=1S/C42H44O5P2S/c1-21-16-25(5)35-36-26(6)17-22(2)30(10)40(36)46-48(45-39(35)29(21)9)43-33-14-13-15-34(20-33)44-49-47-41-31(11)23(3)18-27(7)37(41)38-28(8)19-24(4)32(12)42(38)50-49/h13-20H,1-12H3. The van der Waals surface area contributed by atoms with Crippen molar-refractivity contribution in [3.8, 4) is 11.5 Å². The van der Waals surface area contributed by atoms with Crippen molar-refractivity contribution in [3.05, 3.63) is 115 Å². The molecule has 0 fully saturated rings. The SMILES string of the molecule is Cc1cc(C)c2c(op(Oc3cccc(Op4oc5c(C)c(C)cc(C)c5c5c(C)cc(C)c(C)c5s4)c3)oc3c(C)c(C)cc(C)c32)c1C. The lowest BCUT2D eigenvalue weighted by Gasteiger charge is -2.11. The van der Waals surface area contributed by atoms with Gasteiger partial charge in [0.05, 0.1) is 0 Å². The Hall–Kier alpha value is -4.08.